The first-order valence-corrected chi connectivity index (χ1v) is 9.18. The molecule has 2 amide bonds. The summed E-state index contributed by atoms with van der Waals surface area (Å²) in [6.07, 6.45) is 2.40. The van der Waals surface area contributed by atoms with E-state index in [1.807, 2.05) is 27.7 Å². The van der Waals surface area contributed by atoms with Gasteiger partial charge in [-0.1, -0.05) is 0 Å². The van der Waals surface area contributed by atoms with Crippen LogP contribution in [-0.4, -0.2) is 51.9 Å². The van der Waals surface area contributed by atoms with E-state index < -0.39 is 42.0 Å². The fourth-order valence-electron chi connectivity index (χ4n) is 2.27. The van der Waals surface area contributed by atoms with Crippen LogP contribution in [0.25, 0.3) is 0 Å². The number of hydrogen-bond acceptors (Lipinski definition) is 7. The predicted molar refractivity (Wildman–Crippen MR) is 105 cm³/mol. The molecular weight excluding hydrogens is 363 g/mol. The van der Waals surface area contributed by atoms with Crippen LogP contribution < -0.4 is 16.1 Å². The van der Waals surface area contributed by atoms with E-state index in [1.54, 1.807) is 20.8 Å². The number of carbonyl (C=O) groups excluding carboxylic acids is 2. The predicted octanol–water partition coefficient (Wildman–Crippen LogP) is 1.63. The Balaban J connectivity index is 1.94. The smallest absolute Gasteiger partial charge is 0.444 e. The Morgan fingerprint density at radius 2 is 1.61 bits per heavy atom. The van der Waals surface area contributed by atoms with E-state index in [4.69, 9.17) is 14.0 Å². The summed E-state index contributed by atoms with van der Waals surface area (Å²) in [5, 5.41) is 5.01. The SMILES string of the molecule is C[C@@H](NC(=O)OC(C)(C)C)C(=O)Nc1ncc(B2OC(C)(C)C(C)(C)O2)cn1. The molecular formula is C18H29BN4O5. The molecule has 9 nitrogen and oxygen atoms in total. The van der Waals surface area contributed by atoms with Gasteiger partial charge in [-0.25, -0.2) is 14.8 Å². The summed E-state index contributed by atoms with van der Waals surface area (Å²) in [7, 11) is -0.581. The molecule has 1 aliphatic rings. The molecule has 1 saturated heterocycles. The molecule has 1 aliphatic heterocycles. The van der Waals surface area contributed by atoms with Crippen molar-refractivity contribution in [1.82, 2.24) is 15.3 Å². The summed E-state index contributed by atoms with van der Waals surface area (Å²) < 4.78 is 17.0. The van der Waals surface area contributed by atoms with E-state index in [2.05, 4.69) is 20.6 Å². The number of hydrogen-bond donors (Lipinski definition) is 2. The van der Waals surface area contributed by atoms with Crippen LogP contribution in [0.1, 0.15) is 55.4 Å². The van der Waals surface area contributed by atoms with Crippen LogP contribution in [0.3, 0.4) is 0 Å². The van der Waals surface area contributed by atoms with Crippen molar-refractivity contribution in [1.29, 1.82) is 0 Å². The summed E-state index contributed by atoms with van der Waals surface area (Å²) in [5.41, 5.74) is -0.926. The number of nitrogens with one attached hydrogen (secondary N) is 2. The molecule has 1 fully saturated rings. The third-order valence-electron chi connectivity index (χ3n) is 4.56. The van der Waals surface area contributed by atoms with E-state index in [9.17, 15) is 9.59 Å². The Hall–Kier alpha value is -2.20. The maximum Gasteiger partial charge on any atom is 0.498 e. The number of aromatic nitrogens is 2. The third-order valence-corrected chi connectivity index (χ3v) is 4.56. The summed E-state index contributed by atoms with van der Waals surface area (Å²) in [6.45, 7) is 14.6. The van der Waals surface area contributed by atoms with Gasteiger partial charge in [0.05, 0.1) is 11.2 Å². The fraction of sp³-hybridized carbons (Fsp3) is 0.667. The van der Waals surface area contributed by atoms with Crippen LogP contribution in [0.4, 0.5) is 10.7 Å². The van der Waals surface area contributed by atoms with Crippen LogP contribution in [0, 0.1) is 0 Å². The molecule has 0 aliphatic carbocycles. The van der Waals surface area contributed by atoms with Crippen molar-refractivity contribution in [3.05, 3.63) is 12.4 Å². The quantitative estimate of drug-likeness (QED) is 0.749. The highest BCUT2D eigenvalue weighted by molar-refractivity contribution is 6.61. The van der Waals surface area contributed by atoms with Crippen LogP contribution in [0.2, 0.25) is 0 Å². The van der Waals surface area contributed by atoms with E-state index in [0.29, 0.717) is 5.46 Å². The van der Waals surface area contributed by atoms with Crippen molar-refractivity contribution in [3.8, 4) is 0 Å². The molecule has 2 heterocycles. The minimum atomic E-state index is -0.818. The molecule has 1 aromatic rings. The molecule has 0 bridgehead atoms. The second kappa shape index (κ2) is 7.67. The second-order valence-corrected chi connectivity index (χ2v) is 8.79. The zero-order valence-electron chi connectivity index (χ0n) is 17.7. The van der Waals surface area contributed by atoms with Crippen molar-refractivity contribution in [2.45, 2.75) is 78.2 Å². The molecule has 28 heavy (non-hydrogen) atoms. The highest BCUT2D eigenvalue weighted by atomic mass is 16.7. The minimum absolute atomic E-state index is 0.114. The largest absolute Gasteiger partial charge is 0.498 e. The Labute approximate surface area is 166 Å². The topological polar surface area (TPSA) is 112 Å². The molecule has 154 valence electrons. The minimum Gasteiger partial charge on any atom is -0.444 e. The lowest BCUT2D eigenvalue weighted by atomic mass is 9.81. The van der Waals surface area contributed by atoms with Gasteiger partial charge in [-0.2, -0.15) is 0 Å². The molecule has 0 spiro atoms. The molecule has 0 radical (unpaired) electrons. The standard InChI is InChI=1S/C18H29BN4O5/c1-11(22-15(25)26-16(2,3)4)13(24)23-14-20-9-12(10-21-14)19-27-17(5,6)18(7,8)28-19/h9-11H,1-8H3,(H,22,25)(H,20,21,23,24)/t11-/m1/s1. The van der Waals surface area contributed by atoms with Crippen molar-refractivity contribution in [3.63, 3.8) is 0 Å². The maximum atomic E-state index is 12.2. The van der Waals surface area contributed by atoms with Gasteiger partial charge < -0.3 is 19.4 Å². The molecule has 2 N–H and O–H groups in total. The number of carbonyl (C=O) groups is 2. The van der Waals surface area contributed by atoms with Gasteiger partial charge in [0.2, 0.25) is 11.9 Å². The first kappa shape index (κ1) is 22.1. The Bertz CT molecular complexity index is 714. The first-order valence-electron chi connectivity index (χ1n) is 9.18. The van der Waals surface area contributed by atoms with Crippen LogP contribution >= 0.6 is 0 Å². The average Bonchev–Trinajstić information content (AvgIpc) is 2.74. The Morgan fingerprint density at radius 3 is 2.07 bits per heavy atom. The summed E-state index contributed by atoms with van der Waals surface area (Å²) in [4.78, 5) is 32.2. The maximum absolute atomic E-state index is 12.2. The number of alkyl carbamates (subject to hydrolysis) is 1. The second-order valence-electron chi connectivity index (χ2n) is 8.79. The molecule has 2 rings (SSSR count). The molecule has 1 atom stereocenters. The zero-order chi connectivity index (χ0) is 21.3. The highest BCUT2D eigenvalue weighted by Gasteiger charge is 2.51. The van der Waals surface area contributed by atoms with E-state index in [0.717, 1.165) is 0 Å². The summed E-state index contributed by atoms with van der Waals surface area (Å²) in [5.74, 6) is -0.350. The van der Waals surface area contributed by atoms with Gasteiger partial charge in [0, 0.05) is 17.9 Å². The average molecular weight is 392 g/mol. The van der Waals surface area contributed by atoms with Crippen LogP contribution in [-0.2, 0) is 18.8 Å². The van der Waals surface area contributed by atoms with Gasteiger partial charge in [-0.3, -0.25) is 10.1 Å². The van der Waals surface area contributed by atoms with Gasteiger partial charge in [0.15, 0.2) is 0 Å². The normalized spacial score (nSPS) is 19.1. The molecule has 0 aromatic carbocycles. The van der Waals surface area contributed by atoms with Gasteiger partial charge >= 0.3 is 13.2 Å². The van der Waals surface area contributed by atoms with Crippen LogP contribution in [0.15, 0.2) is 12.4 Å². The third kappa shape index (κ3) is 5.42. The van der Waals surface area contributed by atoms with Gasteiger partial charge in [0.25, 0.3) is 0 Å². The Kier molecular flexibility index (Phi) is 6.05. The lowest BCUT2D eigenvalue weighted by Gasteiger charge is -2.32. The molecule has 0 saturated carbocycles. The molecule has 1 aromatic heterocycles. The van der Waals surface area contributed by atoms with Crippen molar-refractivity contribution in [2.24, 2.45) is 0 Å². The lowest BCUT2D eigenvalue weighted by molar-refractivity contribution is -0.117. The number of amides is 2. The zero-order valence-corrected chi connectivity index (χ0v) is 17.7. The van der Waals surface area contributed by atoms with E-state index >= 15 is 0 Å². The number of ether oxygens (including phenoxy) is 1. The van der Waals surface area contributed by atoms with Crippen molar-refractivity contribution in [2.75, 3.05) is 5.32 Å². The van der Waals surface area contributed by atoms with E-state index in [-0.39, 0.29) is 5.95 Å². The summed E-state index contributed by atoms with van der Waals surface area (Å²) in [6, 6.07) is -0.818. The van der Waals surface area contributed by atoms with Gasteiger partial charge in [-0.15, -0.1) is 0 Å². The monoisotopic (exact) mass is 392 g/mol. The number of anilines is 1. The molecule has 0 unspecified atom stereocenters. The summed E-state index contributed by atoms with van der Waals surface area (Å²) >= 11 is 0. The van der Waals surface area contributed by atoms with Gasteiger partial charge in [-0.05, 0) is 55.4 Å². The highest BCUT2D eigenvalue weighted by Crippen LogP contribution is 2.36. The number of rotatable bonds is 4. The first-order chi connectivity index (χ1) is 12.7. The Morgan fingerprint density at radius 1 is 1.11 bits per heavy atom. The lowest BCUT2D eigenvalue weighted by Crippen LogP contribution is -2.44. The molecule has 10 heteroatoms. The van der Waals surface area contributed by atoms with Crippen LogP contribution in [0.5, 0.6) is 0 Å². The number of nitrogens with zero attached hydrogens (tertiary/aromatic N) is 2. The fourth-order valence-corrected chi connectivity index (χ4v) is 2.27. The van der Waals surface area contributed by atoms with E-state index in [1.165, 1.54) is 19.3 Å². The van der Waals surface area contributed by atoms with Crippen molar-refractivity contribution >= 4 is 30.5 Å². The van der Waals surface area contributed by atoms with Gasteiger partial charge in [0.1, 0.15) is 11.6 Å². The van der Waals surface area contributed by atoms with Crippen molar-refractivity contribution < 1.29 is 23.6 Å².